The molecule has 0 saturated carbocycles. The smallest absolute Gasteiger partial charge is 0.238 e. The van der Waals surface area contributed by atoms with E-state index in [1.54, 1.807) is 11.7 Å². The molecule has 3 aromatic heterocycles. The molecule has 0 aliphatic heterocycles. The lowest BCUT2D eigenvalue weighted by Gasteiger charge is -2.22. The summed E-state index contributed by atoms with van der Waals surface area (Å²) in [6.45, 7) is 6.05. The molecule has 3 heterocycles. The third-order valence-corrected chi connectivity index (χ3v) is 5.39. The van der Waals surface area contributed by atoms with Crippen molar-refractivity contribution < 1.29 is 17.9 Å². The number of hydrogen-bond acceptors (Lipinski definition) is 6. The fourth-order valence-corrected chi connectivity index (χ4v) is 3.26. The zero-order valence-electron chi connectivity index (χ0n) is 17.4. The third kappa shape index (κ3) is 3.49. The van der Waals surface area contributed by atoms with Gasteiger partial charge < -0.3 is 4.74 Å². The number of halogens is 3. The van der Waals surface area contributed by atoms with Crippen molar-refractivity contribution in [1.29, 1.82) is 0 Å². The minimum atomic E-state index is -1.37. The third-order valence-electron chi connectivity index (χ3n) is 5.39. The Hall–Kier alpha value is -3.50. The summed E-state index contributed by atoms with van der Waals surface area (Å²) in [5.41, 5.74) is 0.0655. The first-order valence-electron chi connectivity index (χ1n) is 9.59. The maximum absolute atomic E-state index is 14.5. The largest absolute Gasteiger partial charge is 0.468 e. The van der Waals surface area contributed by atoms with Crippen LogP contribution in [-0.4, -0.2) is 34.6 Å². The monoisotopic (exact) mass is 431 g/mol. The zero-order chi connectivity index (χ0) is 22.3. The predicted octanol–water partition coefficient (Wildman–Crippen LogP) is 3.60. The molecular weight excluding hydrogens is 411 g/mol. The van der Waals surface area contributed by atoms with Crippen LogP contribution in [0.1, 0.15) is 38.6 Å². The normalized spacial score (nSPS) is 12.0. The van der Waals surface area contributed by atoms with E-state index in [-0.39, 0.29) is 18.3 Å². The summed E-state index contributed by atoms with van der Waals surface area (Å²) in [7, 11) is 1.73. The molecule has 0 saturated heterocycles. The van der Waals surface area contributed by atoms with Crippen LogP contribution in [0.5, 0.6) is 5.88 Å². The zero-order valence-corrected chi connectivity index (χ0v) is 17.4. The first kappa shape index (κ1) is 20.8. The summed E-state index contributed by atoms with van der Waals surface area (Å²) in [6, 6.07) is 1.55. The van der Waals surface area contributed by atoms with Crippen LogP contribution in [0.15, 0.2) is 24.7 Å². The Bertz CT molecular complexity index is 1270. The molecule has 0 bridgehead atoms. The highest BCUT2D eigenvalue weighted by molar-refractivity contribution is 5.67. The lowest BCUT2D eigenvalue weighted by molar-refractivity contribution is 0.269. The molecule has 31 heavy (non-hydrogen) atoms. The molecule has 0 fully saturated rings. The highest BCUT2D eigenvalue weighted by Crippen LogP contribution is 2.38. The summed E-state index contributed by atoms with van der Waals surface area (Å²) < 4.78 is 51.5. The first-order valence-corrected chi connectivity index (χ1v) is 9.59. The molecule has 0 aliphatic carbocycles. The molecule has 0 radical (unpaired) electrons. The molecule has 0 amide bonds. The van der Waals surface area contributed by atoms with Gasteiger partial charge in [-0.1, -0.05) is 20.8 Å². The number of hydrogen-bond donors (Lipinski definition) is 0. The van der Waals surface area contributed by atoms with Crippen LogP contribution in [0.3, 0.4) is 0 Å². The van der Waals surface area contributed by atoms with Gasteiger partial charge >= 0.3 is 0 Å². The van der Waals surface area contributed by atoms with Crippen molar-refractivity contribution in [1.82, 2.24) is 34.6 Å². The quantitative estimate of drug-likeness (QED) is 0.434. The standard InChI is InChI=1S/C20H20F3N7O/c1-5-20(2,3)16-13-8-25-27-18(15-11(21)6-7-12(22)17(15)23)30(13)28-19(16)31-9-14-24-10-26-29(14)4/h6-8,10H,5,9H2,1-4H3. The van der Waals surface area contributed by atoms with Gasteiger partial charge in [0.25, 0.3) is 0 Å². The summed E-state index contributed by atoms with van der Waals surface area (Å²) >= 11 is 0. The fourth-order valence-electron chi connectivity index (χ4n) is 3.26. The highest BCUT2D eigenvalue weighted by atomic mass is 19.2. The average molecular weight is 431 g/mol. The minimum absolute atomic E-state index is 0.0755. The van der Waals surface area contributed by atoms with Crippen molar-refractivity contribution in [2.45, 2.75) is 39.2 Å². The van der Waals surface area contributed by atoms with Crippen molar-refractivity contribution in [2.24, 2.45) is 7.05 Å². The maximum atomic E-state index is 14.5. The Morgan fingerprint density at radius 2 is 1.87 bits per heavy atom. The van der Waals surface area contributed by atoms with E-state index >= 15 is 0 Å². The molecule has 0 atom stereocenters. The van der Waals surface area contributed by atoms with E-state index in [0.29, 0.717) is 23.0 Å². The molecular formula is C20H20F3N7O. The Balaban J connectivity index is 1.93. The molecule has 0 aliphatic rings. The van der Waals surface area contributed by atoms with E-state index in [9.17, 15) is 13.2 Å². The van der Waals surface area contributed by atoms with Crippen LogP contribution < -0.4 is 4.74 Å². The number of aromatic nitrogens is 7. The second kappa shape index (κ2) is 7.64. The molecule has 162 valence electrons. The summed E-state index contributed by atoms with van der Waals surface area (Å²) in [4.78, 5) is 4.12. The van der Waals surface area contributed by atoms with Crippen LogP contribution in [-0.2, 0) is 19.1 Å². The lowest BCUT2D eigenvalue weighted by atomic mass is 9.83. The van der Waals surface area contributed by atoms with Gasteiger partial charge in [0, 0.05) is 12.6 Å². The van der Waals surface area contributed by atoms with Crippen LogP contribution in [0.25, 0.3) is 16.9 Å². The van der Waals surface area contributed by atoms with Crippen LogP contribution in [0, 0.1) is 17.5 Å². The summed E-state index contributed by atoms with van der Waals surface area (Å²) in [5, 5.41) is 16.2. The van der Waals surface area contributed by atoms with Crippen LogP contribution in [0.2, 0.25) is 0 Å². The Morgan fingerprint density at radius 3 is 2.55 bits per heavy atom. The van der Waals surface area contributed by atoms with Gasteiger partial charge in [0.2, 0.25) is 5.88 Å². The topological polar surface area (TPSA) is 83.0 Å². The molecule has 0 spiro atoms. The van der Waals surface area contributed by atoms with E-state index in [2.05, 4.69) is 25.4 Å². The molecule has 0 unspecified atom stereocenters. The number of ether oxygens (including phenoxy) is 1. The number of rotatable bonds is 6. The van der Waals surface area contributed by atoms with Gasteiger partial charge in [-0.2, -0.15) is 10.2 Å². The van der Waals surface area contributed by atoms with Gasteiger partial charge in [-0.15, -0.1) is 10.2 Å². The Labute approximate surface area is 175 Å². The van der Waals surface area contributed by atoms with Crippen molar-refractivity contribution >= 4 is 5.52 Å². The van der Waals surface area contributed by atoms with Gasteiger partial charge in [0.15, 0.2) is 23.3 Å². The summed E-state index contributed by atoms with van der Waals surface area (Å²) in [6.07, 6.45) is 3.56. The Kier molecular flexibility index (Phi) is 5.11. The van der Waals surface area contributed by atoms with E-state index in [4.69, 9.17) is 4.74 Å². The SMILES string of the molecule is CCC(C)(C)c1c(OCc2ncnn2C)nn2c(-c3c(F)ccc(F)c3F)nncc12. The van der Waals surface area contributed by atoms with Crippen molar-refractivity contribution in [3.8, 4) is 17.3 Å². The van der Waals surface area contributed by atoms with Gasteiger partial charge in [0.05, 0.1) is 17.3 Å². The van der Waals surface area contributed by atoms with E-state index in [0.717, 1.165) is 12.5 Å². The predicted molar refractivity (Wildman–Crippen MR) is 105 cm³/mol. The number of aryl methyl sites for hydroxylation is 1. The van der Waals surface area contributed by atoms with Gasteiger partial charge in [-0.3, -0.25) is 4.68 Å². The number of fused-ring (bicyclic) bond motifs is 1. The van der Waals surface area contributed by atoms with Gasteiger partial charge in [0.1, 0.15) is 18.8 Å². The first-order chi connectivity index (χ1) is 14.7. The molecule has 8 nitrogen and oxygen atoms in total. The Morgan fingerprint density at radius 1 is 1.13 bits per heavy atom. The maximum Gasteiger partial charge on any atom is 0.238 e. The van der Waals surface area contributed by atoms with Crippen LogP contribution in [0.4, 0.5) is 13.2 Å². The van der Waals surface area contributed by atoms with E-state index < -0.39 is 28.4 Å². The van der Waals surface area contributed by atoms with Crippen LogP contribution >= 0.6 is 0 Å². The van der Waals surface area contributed by atoms with Gasteiger partial charge in [-0.25, -0.2) is 22.7 Å². The highest BCUT2D eigenvalue weighted by Gasteiger charge is 2.31. The number of benzene rings is 1. The second-order valence-electron chi connectivity index (χ2n) is 7.69. The lowest BCUT2D eigenvalue weighted by Crippen LogP contribution is -2.17. The minimum Gasteiger partial charge on any atom is -0.468 e. The molecule has 11 heteroatoms. The van der Waals surface area contributed by atoms with Crippen molar-refractivity contribution in [3.63, 3.8) is 0 Å². The molecule has 4 aromatic rings. The number of nitrogens with zero attached hydrogens (tertiary/aromatic N) is 7. The molecule has 0 N–H and O–H groups in total. The van der Waals surface area contributed by atoms with E-state index in [1.165, 1.54) is 17.0 Å². The van der Waals surface area contributed by atoms with Crippen molar-refractivity contribution in [3.05, 3.63) is 53.5 Å². The molecule has 1 aromatic carbocycles. The van der Waals surface area contributed by atoms with E-state index in [1.807, 2.05) is 20.8 Å². The van der Waals surface area contributed by atoms with Crippen molar-refractivity contribution in [2.75, 3.05) is 0 Å². The second-order valence-corrected chi connectivity index (χ2v) is 7.69. The average Bonchev–Trinajstić information content (AvgIpc) is 3.33. The summed E-state index contributed by atoms with van der Waals surface area (Å²) in [5.74, 6) is -3.01. The molecule has 4 rings (SSSR count). The van der Waals surface area contributed by atoms with Gasteiger partial charge in [-0.05, 0) is 24.0 Å². The fraction of sp³-hybridized carbons (Fsp3) is 0.350.